The van der Waals surface area contributed by atoms with Gasteiger partial charge in [-0.3, -0.25) is 0 Å². The minimum Gasteiger partial charge on any atom is -0.370 e. The average Bonchev–Trinajstić information content (AvgIpc) is 2.30. The maximum absolute atomic E-state index is 12.8. The van der Waals surface area contributed by atoms with Gasteiger partial charge in [-0.1, -0.05) is 11.6 Å². The van der Waals surface area contributed by atoms with Crippen LogP contribution in [0.1, 0.15) is 12.8 Å². The van der Waals surface area contributed by atoms with Crippen molar-refractivity contribution in [3.05, 3.63) is 29.3 Å². The Bertz CT molecular complexity index is 355. The van der Waals surface area contributed by atoms with Gasteiger partial charge in [0, 0.05) is 23.8 Å². The van der Waals surface area contributed by atoms with Crippen LogP contribution in [0, 0.1) is 0 Å². The molecular weight excluding hydrogens is 227 g/mol. The summed E-state index contributed by atoms with van der Waals surface area (Å²) in [6, 6.07) is 7.59. The number of rotatable bonds is 2. The summed E-state index contributed by atoms with van der Waals surface area (Å²) in [6.45, 7) is 1.04. The summed E-state index contributed by atoms with van der Waals surface area (Å²) in [5.74, 6) is 0. The number of hydrogen-bond acceptors (Lipinski definition) is 2. The zero-order valence-electron chi connectivity index (χ0n) is 9.13. The molecule has 2 rings (SSSR count). The molecule has 1 aromatic carbocycles. The fraction of sp³-hybridized carbons (Fsp3) is 0.500. The van der Waals surface area contributed by atoms with Gasteiger partial charge in [0.2, 0.25) is 0 Å². The number of benzene rings is 1. The predicted molar refractivity (Wildman–Crippen MR) is 65.8 cm³/mol. The zero-order valence-corrected chi connectivity index (χ0v) is 9.88. The first-order valence-corrected chi connectivity index (χ1v) is 5.86. The molecule has 88 valence electrons. The van der Waals surface area contributed by atoms with Crippen molar-refractivity contribution < 1.29 is 4.39 Å². The summed E-state index contributed by atoms with van der Waals surface area (Å²) in [5.41, 5.74) is 6.35. The molecule has 4 heteroatoms. The van der Waals surface area contributed by atoms with Crippen molar-refractivity contribution in [2.45, 2.75) is 18.4 Å². The van der Waals surface area contributed by atoms with Crippen molar-refractivity contribution in [3.63, 3.8) is 0 Å². The second-order valence-corrected chi connectivity index (χ2v) is 4.93. The smallest absolute Gasteiger partial charge is 0.109 e. The Balaban J connectivity index is 2.12. The van der Waals surface area contributed by atoms with Gasteiger partial charge in [-0.15, -0.1) is 0 Å². The zero-order chi connectivity index (χ0) is 11.6. The highest BCUT2D eigenvalue weighted by molar-refractivity contribution is 6.30. The van der Waals surface area contributed by atoms with Crippen molar-refractivity contribution in [2.75, 3.05) is 24.7 Å². The van der Waals surface area contributed by atoms with Crippen molar-refractivity contribution >= 4 is 17.3 Å². The van der Waals surface area contributed by atoms with Gasteiger partial charge < -0.3 is 10.6 Å². The molecule has 1 heterocycles. The summed E-state index contributed by atoms with van der Waals surface area (Å²) in [4.78, 5) is 2.12. The third-order valence-electron chi connectivity index (χ3n) is 3.07. The largest absolute Gasteiger partial charge is 0.370 e. The van der Waals surface area contributed by atoms with E-state index >= 15 is 0 Å². The van der Waals surface area contributed by atoms with E-state index < -0.39 is 12.2 Å². The summed E-state index contributed by atoms with van der Waals surface area (Å²) < 4.78 is 12.8. The fourth-order valence-electron chi connectivity index (χ4n) is 2.14. The van der Waals surface area contributed by atoms with E-state index in [2.05, 4.69) is 4.90 Å². The second-order valence-electron chi connectivity index (χ2n) is 4.50. The molecule has 1 atom stereocenters. The molecule has 1 unspecified atom stereocenters. The van der Waals surface area contributed by atoms with Gasteiger partial charge in [0.1, 0.15) is 6.67 Å². The van der Waals surface area contributed by atoms with Crippen LogP contribution in [0.3, 0.4) is 0 Å². The van der Waals surface area contributed by atoms with E-state index in [-0.39, 0.29) is 0 Å². The molecule has 0 saturated carbocycles. The lowest BCUT2D eigenvalue weighted by Crippen LogP contribution is -2.56. The first kappa shape index (κ1) is 11.7. The van der Waals surface area contributed by atoms with Crippen LogP contribution in [0.25, 0.3) is 0 Å². The number of nitrogens with two attached hydrogens (primary N) is 1. The van der Waals surface area contributed by atoms with Crippen LogP contribution in [0.5, 0.6) is 0 Å². The number of halogens is 2. The lowest BCUT2D eigenvalue weighted by Gasteiger charge is -2.39. The van der Waals surface area contributed by atoms with Gasteiger partial charge in [-0.25, -0.2) is 4.39 Å². The van der Waals surface area contributed by atoms with Crippen molar-refractivity contribution in [2.24, 2.45) is 5.73 Å². The minimum absolute atomic E-state index is 0.461. The van der Waals surface area contributed by atoms with E-state index in [9.17, 15) is 4.39 Å². The minimum atomic E-state index is -0.683. The van der Waals surface area contributed by atoms with Crippen molar-refractivity contribution in [3.8, 4) is 0 Å². The molecule has 1 saturated heterocycles. The number of alkyl halides is 1. The Labute approximate surface area is 100 Å². The van der Waals surface area contributed by atoms with Crippen LogP contribution in [-0.2, 0) is 0 Å². The quantitative estimate of drug-likeness (QED) is 0.864. The van der Waals surface area contributed by atoms with Crippen molar-refractivity contribution in [1.82, 2.24) is 0 Å². The monoisotopic (exact) mass is 242 g/mol. The van der Waals surface area contributed by atoms with Crippen LogP contribution in [0.2, 0.25) is 5.02 Å². The molecule has 2 N–H and O–H groups in total. The molecule has 0 aliphatic carbocycles. The first-order valence-electron chi connectivity index (χ1n) is 5.48. The lowest BCUT2D eigenvalue weighted by atomic mass is 9.91. The maximum atomic E-state index is 12.8. The summed E-state index contributed by atoms with van der Waals surface area (Å²) in [6.07, 6.45) is 1.69. The topological polar surface area (TPSA) is 29.3 Å². The molecule has 0 aromatic heterocycles. The fourth-order valence-corrected chi connectivity index (χ4v) is 2.27. The maximum Gasteiger partial charge on any atom is 0.109 e. The Morgan fingerprint density at radius 3 is 2.69 bits per heavy atom. The Kier molecular flexibility index (Phi) is 3.36. The van der Waals surface area contributed by atoms with Crippen LogP contribution in [0.4, 0.5) is 10.1 Å². The number of hydrogen-bond donors (Lipinski definition) is 1. The summed E-state index contributed by atoms with van der Waals surface area (Å²) >= 11 is 5.83. The van der Waals surface area contributed by atoms with E-state index in [4.69, 9.17) is 17.3 Å². The van der Waals surface area contributed by atoms with E-state index in [0.29, 0.717) is 11.6 Å². The molecule has 16 heavy (non-hydrogen) atoms. The molecule has 0 bridgehead atoms. The third-order valence-corrected chi connectivity index (χ3v) is 3.32. The number of anilines is 1. The number of nitrogens with zero attached hydrogens (tertiary/aromatic N) is 1. The van der Waals surface area contributed by atoms with E-state index in [0.717, 1.165) is 25.1 Å². The highest BCUT2D eigenvalue weighted by Crippen LogP contribution is 2.25. The third kappa shape index (κ3) is 2.47. The molecule has 1 aliphatic rings. The Morgan fingerprint density at radius 1 is 1.38 bits per heavy atom. The average molecular weight is 243 g/mol. The molecule has 0 amide bonds. The van der Waals surface area contributed by atoms with E-state index in [1.165, 1.54) is 0 Å². The highest BCUT2D eigenvalue weighted by Gasteiger charge is 2.31. The normalized spacial score (nSPS) is 25.8. The van der Waals surface area contributed by atoms with Gasteiger partial charge in [0.25, 0.3) is 0 Å². The molecule has 0 radical (unpaired) electrons. The summed E-state index contributed by atoms with van der Waals surface area (Å²) in [7, 11) is 0. The van der Waals surface area contributed by atoms with Gasteiger partial charge in [0.15, 0.2) is 0 Å². The Morgan fingerprint density at radius 2 is 2.06 bits per heavy atom. The molecule has 1 fully saturated rings. The Hall–Kier alpha value is -0.800. The molecule has 1 aromatic rings. The van der Waals surface area contributed by atoms with Crippen LogP contribution in [-0.4, -0.2) is 25.3 Å². The SMILES string of the molecule is NC1(CF)CCCN(c2ccc(Cl)cc2)C1. The standard InChI is InChI=1S/C12H16ClFN2/c13-10-2-4-11(5-3-10)16-7-1-6-12(15,8-14)9-16/h2-5H,1,6-9,15H2. The molecular formula is C12H16ClFN2. The van der Waals surface area contributed by atoms with E-state index in [1.807, 2.05) is 24.3 Å². The molecule has 0 spiro atoms. The van der Waals surface area contributed by atoms with Gasteiger partial charge in [0.05, 0.1) is 5.54 Å². The van der Waals surface area contributed by atoms with Gasteiger partial charge in [-0.05, 0) is 37.1 Å². The van der Waals surface area contributed by atoms with Crippen LogP contribution < -0.4 is 10.6 Å². The molecule has 1 aliphatic heterocycles. The highest BCUT2D eigenvalue weighted by atomic mass is 35.5. The van der Waals surface area contributed by atoms with Gasteiger partial charge in [-0.2, -0.15) is 0 Å². The summed E-state index contributed by atoms with van der Waals surface area (Å²) in [5, 5.41) is 0.713. The van der Waals surface area contributed by atoms with E-state index in [1.54, 1.807) is 0 Å². The number of piperidine rings is 1. The lowest BCUT2D eigenvalue weighted by molar-refractivity contribution is 0.264. The predicted octanol–water partition coefficient (Wildman–Crippen LogP) is 2.61. The van der Waals surface area contributed by atoms with Crippen molar-refractivity contribution in [1.29, 1.82) is 0 Å². The van der Waals surface area contributed by atoms with Crippen LogP contribution >= 0.6 is 11.6 Å². The van der Waals surface area contributed by atoms with Gasteiger partial charge >= 0.3 is 0 Å². The van der Waals surface area contributed by atoms with Crippen LogP contribution in [0.15, 0.2) is 24.3 Å². The first-order chi connectivity index (χ1) is 7.63. The molecule has 2 nitrogen and oxygen atoms in total. The second kappa shape index (κ2) is 4.60.